The molecule has 0 aromatic carbocycles. The normalized spacial score (nSPS) is 12.7. The van der Waals surface area contributed by atoms with Crippen LogP contribution in [0.3, 0.4) is 0 Å². The number of rotatable bonds is 2. The van der Waals surface area contributed by atoms with Gasteiger partial charge in [-0.1, -0.05) is 11.6 Å². The van der Waals surface area contributed by atoms with Crippen LogP contribution in [0.4, 0.5) is 4.39 Å². The summed E-state index contributed by atoms with van der Waals surface area (Å²) in [4.78, 5) is 21.7. The number of ether oxygens (including phenoxy) is 1. The summed E-state index contributed by atoms with van der Waals surface area (Å²) in [6.45, 7) is 2.88. The molecule has 0 unspecified atom stereocenters. The lowest BCUT2D eigenvalue weighted by atomic mass is 10.5. The highest BCUT2D eigenvalue weighted by Gasteiger charge is 2.16. The van der Waals surface area contributed by atoms with Crippen LogP contribution in [0.5, 0.6) is 0 Å². The number of esters is 1. The van der Waals surface area contributed by atoms with E-state index < -0.39 is 18.3 Å². The van der Waals surface area contributed by atoms with E-state index >= 15 is 0 Å². The molecule has 0 N–H and O–H groups in total. The number of hydrogen-bond donors (Lipinski definition) is 0. The smallest absolute Gasteiger partial charge is 0.312 e. The summed E-state index contributed by atoms with van der Waals surface area (Å²) < 4.78 is 19.4. The van der Waals surface area contributed by atoms with Gasteiger partial charge >= 0.3 is 12.0 Å². The standard InChI is InChI=1S/C9H8ClFN4O2/c1-4(17-5(2)16)15-3-12-6-7(10)13-9(11)14-8(6)15/h3-4H,1-2H3/t4-/m0/s1. The van der Waals surface area contributed by atoms with Gasteiger partial charge in [0.25, 0.3) is 0 Å². The van der Waals surface area contributed by atoms with Crippen LogP contribution >= 0.6 is 11.6 Å². The summed E-state index contributed by atoms with van der Waals surface area (Å²) in [6, 6.07) is 0. The van der Waals surface area contributed by atoms with Crippen LogP contribution in [0.15, 0.2) is 6.33 Å². The van der Waals surface area contributed by atoms with E-state index in [1.54, 1.807) is 6.92 Å². The molecular weight excluding hydrogens is 251 g/mol. The van der Waals surface area contributed by atoms with E-state index in [9.17, 15) is 9.18 Å². The molecule has 0 spiro atoms. The Morgan fingerprint density at radius 1 is 1.59 bits per heavy atom. The first kappa shape index (κ1) is 11.7. The quantitative estimate of drug-likeness (QED) is 0.466. The molecule has 0 bridgehead atoms. The van der Waals surface area contributed by atoms with Crippen molar-refractivity contribution in [3.63, 3.8) is 0 Å². The van der Waals surface area contributed by atoms with E-state index in [1.165, 1.54) is 17.8 Å². The topological polar surface area (TPSA) is 69.9 Å². The van der Waals surface area contributed by atoms with Crippen molar-refractivity contribution in [3.8, 4) is 0 Å². The molecule has 0 saturated carbocycles. The molecule has 0 aliphatic rings. The summed E-state index contributed by atoms with van der Waals surface area (Å²) in [5, 5.41) is -0.0822. The van der Waals surface area contributed by atoms with Crippen LogP contribution in [0, 0.1) is 6.08 Å². The third-order valence-corrected chi connectivity index (χ3v) is 2.34. The van der Waals surface area contributed by atoms with Gasteiger partial charge in [-0.15, -0.1) is 0 Å². The number of carbonyl (C=O) groups is 1. The zero-order valence-corrected chi connectivity index (χ0v) is 9.77. The molecule has 2 aromatic heterocycles. The number of halogens is 2. The molecule has 2 heterocycles. The summed E-state index contributed by atoms with van der Waals surface area (Å²) >= 11 is 5.71. The second-order valence-corrected chi connectivity index (χ2v) is 3.67. The Kier molecular flexibility index (Phi) is 2.93. The van der Waals surface area contributed by atoms with E-state index in [4.69, 9.17) is 16.3 Å². The maximum atomic E-state index is 13.0. The Hall–Kier alpha value is -1.76. The van der Waals surface area contributed by atoms with Gasteiger partial charge < -0.3 is 4.74 Å². The van der Waals surface area contributed by atoms with Crippen molar-refractivity contribution in [1.29, 1.82) is 0 Å². The van der Waals surface area contributed by atoms with Gasteiger partial charge in [0.15, 0.2) is 17.0 Å². The molecule has 0 aliphatic heterocycles. The number of aromatic nitrogens is 4. The third kappa shape index (κ3) is 2.19. The molecule has 17 heavy (non-hydrogen) atoms. The molecule has 0 amide bonds. The fraction of sp³-hybridized carbons (Fsp3) is 0.333. The monoisotopic (exact) mass is 258 g/mol. The van der Waals surface area contributed by atoms with E-state index in [-0.39, 0.29) is 16.3 Å². The molecule has 2 rings (SSSR count). The van der Waals surface area contributed by atoms with Gasteiger partial charge in [-0.05, 0) is 6.92 Å². The summed E-state index contributed by atoms with van der Waals surface area (Å²) in [5.41, 5.74) is 0.434. The van der Waals surface area contributed by atoms with Gasteiger partial charge in [0.05, 0.1) is 0 Å². The fourth-order valence-electron chi connectivity index (χ4n) is 1.42. The predicted octanol–water partition coefficient (Wildman–Crippen LogP) is 1.70. The van der Waals surface area contributed by atoms with Crippen LogP contribution in [-0.2, 0) is 9.53 Å². The van der Waals surface area contributed by atoms with Crippen molar-refractivity contribution in [1.82, 2.24) is 19.5 Å². The Labute approximate surface area is 100 Å². The SMILES string of the molecule is CC(=O)O[C@@H](C)n1cnc2c(Cl)nc(F)nc21. The van der Waals surface area contributed by atoms with Crippen molar-refractivity contribution in [3.05, 3.63) is 17.6 Å². The Morgan fingerprint density at radius 3 is 2.94 bits per heavy atom. The van der Waals surface area contributed by atoms with E-state index in [0.717, 1.165) is 0 Å². The molecule has 8 heteroatoms. The van der Waals surface area contributed by atoms with Gasteiger partial charge in [-0.25, -0.2) is 4.98 Å². The van der Waals surface area contributed by atoms with Crippen LogP contribution in [0.2, 0.25) is 5.15 Å². The minimum atomic E-state index is -0.959. The van der Waals surface area contributed by atoms with Crippen molar-refractivity contribution in [2.75, 3.05) is 0 Å². The first-order valence-corrected chi connectivity index (χ1v) is 5.09. The van der Waals surface area contributed by atoms with E-state index in [2.05, 4.69) is 15.0 Å². The number of imidazole rings is 1. The van der Waals surface area contributed by atoms with Crippen LogP contribution in [0.25, 0.3) is 11.2 Å². The highest BCUT2D eigenvalue weighted by Crippen LogP contribution is 2.21. The van der Waals surface area contributed by atoms with Crippen molar-refractivity contribution in [2.45, 2.75) is 20.1 Å². The van der Waals surface area contributed by atoms with Crippen LogP contribution in [-0.4, -0.2) is 25.5 Å². The summed E-state index contributed by atoms with van der Waals surface area (Å²) in [6.07, 6.45) is -0.250. The van der Waals surface area contributed by atoms with E-state index in [0.29, 0.717) is 0 Å². The maximum Gasteiger partial charge on any atom is 0.312 e. The van der Waals surface area contributed by atoms with E-state index in [1.807, 2.05) is 0 Å². The lowest BCUT2D eigenvalue weighted by Crippen LogP contribution is -2.12. The molecule has 0 radical (unpaired) electrons. The molecule has 1 atom stereocenters. The molecule has 90 valence electrons. The fourth-order valence-corrected chi connectivity index (χ4v) is 1.62. The highest BCUT2D eigenvalue weighted by atomic mass is 35.5. The molecule has 0 saturated heterocycles. The second kappa shape index (κ2) is 4.25. The van der Waals surface area contributed by atoms with Crippen molar-refractivity contribution < 1.29 is 13.9 Å². The van der Waals surface area contributed by atoms with Gasteiger partial charge in [-0.2, -0.15) is 14.4 Å². The molecule has 2 aromatic rings. The largest absolute Gasteiger partial charge is 0.442 e. The maximum absolute atomic E-state index is 13.0. The zero-order chi connectivity index (χ0) is 12.6. The number of hydrogen-bond acceptors (Lipinski definition) is 5. The molecule has 6 nitrogen and oxygen atoms in total. The lowest BCUT2D eigenvalue weighted by Gasteiger charge is -2.13. The van der Waals surface area contributed by atoms with Crippen LogP contribution in [0.1, 0.15) is 20.1 Å². The summed E-state index contributed by atoms with van der Waals surface area (Å²) in [5.74, 6) is -0.458. The number of carbonyl (C=O) groups excluding carboxylic acids is 1. The summed E-state index contributed by atoms with van der Waals surface area (Å²) in [7, 11) is 0. The predicted molar refractivity (Wildman–Crippen MR) is 56.8 cm³/mol. The number of fused-ring (bicyclic) bond motifs is 1. The number of nitrogens with zero attached hydrogens (tertiary/aromatic N) is 4. The van der Waals surface area contributed by atoms with Gasteiger partial charge in [-0.3, -0.25) is 9.36 Å². The first-order chi connectivity index (χ1) is 7.99. The van der Waals surface area contributed by atoms with Crippen molar-refractivity contribution >= 4 is 28.7 Å². The third-order valence-electron chi connectivity index (χ3n) is 2.08. The minimum Gasteiger partial charge on any atom is -0.442 e. The lowest BCUT2D eigenvalue weighted by molar-refractivity contribution is -0.149. The van der Waals surface area contributed by atoms with Crippen molar-refractivity contribution in [2.24, 2.45) is 0 Å². The molecule has 0 aliphatic carbocycles. The van der Waals surface area contributed by atoms with Gasteiger partial charge in [0, 0.05) is 6.92 Å². The Balaban J connectivity index is 2.52. The molecule has 0 fully saturated rings. The average Bonchev–Trinajstić information content (AvgIpc) is 2.59. The van der Waals surface area contributed by atoms with Crippen LogP contribution < -0.4 is 0 Å². The Morgan fingerprint density at radius 2 is 2.29 bits per heavy atom. The highest BCUT2D eigenvalue weighted by molar-refractivity contribution is 6.33. The minimum absolute atomic E-state index is 0.0822. The Bertz CT molecular complexity index is 586. The van der Waals surface area contributed by atoms with Gasteiger partial charge in [0.2, 0.25) is 0 Å². The first-order valence-electron chi connectivity index (χ1n) is 4.72. The zero-order valence-electron chi connectivity index (χ0n) is 9.02. The van der Waals surface area contributed by atoms with Gasteiger partial charge in [0.1, 0.15) is 11.8 Å². The molecular formula is C9H8ClFN4O2. The second-order valence-electron chi connectivity index (χ2n) is 3.32. The average molecular weight is 259 g/mol.